The topological polar surface area (TPSA) is 43.8 Å². The van der Waals surface area contributed by atoms with Crippen LogP contribution in [0.4, 0.5) is 0 Å². The van der Waals surface area contributed by atoms with Gasteiger partial charge in [-0.15, -0.1) is 0 Å². The fourth-order valence-electron chi connectivity index (χ4n) is 3.12. The maximum Gasteiger partial charge on any atom is 0.0675 e. The molecule has 0 amide bonds. The molecule has 1 aromatic carbocycles. The maximum atomic E-state index is 6.30. The van der Waals surface area contributed by atoms with Crippen molar-refractivity contribution in [3.8, 4) is 0 Å². The molecular formula is C16H21N3. The van der Waals surface area contributed by atoms with Gasteiger partial charge in [0.2, 0.25) is 0 Å². The summed E-state index contributed by atoms with van der Waals surface area (Å²) in [6.07, 6.45) is 5.41. The lowest BCUT2D eigenvalue weighted by molar-refractivity contribution is 0.261. The van der Waals surface area contributed by atoms with Crippen LogP contribution in [-0.4, -0.2) is 15.8 Å². The third-order valence-electron chi connectivity index (χ3n) is 4.22. The molecule has 0 spiro atoms. The zero-order valence-electron chi connectivity index (χ0n) is 11.4. The molecule has 100 valence electrons. The Morgan fingerprint density at radius 2 is 1.95 bits per heavy atom. The van der Waals surface area contributed by atoms with Gasteiger partial charge < -0.3 is 5.73 Å². The predicted molar refractivity (Wildman–Crippen MR) is 77.0 cm³/mol. The Hall–Kier alpha value is -1.61. The highest BCUT2D eigenvalue weighted by Crippen LogP contribution is 2.37. The second-order valence-electron chi connectivity index (χ2n) is 5.59. The van der Waals surface area contributed by atoms with Crippen LogP contribution in [0.2, 0.25) is 0 Å². The van der Waals surface area contributed by atoms with E-state index in [1.54, 1.807) is 0 Å². The molecule has 3 rings (SSSR count). The molecule has 1 saturated carbocycles. The van der Waals surface area contributed by atoms with Gasteiger partial charge in [-0.05, 0) is 43.7 Å². The van der Waals surface area contributed by atoms with E-state index in [1.165, 1.54) is 12.0 Å². The maximum absolute atomic E-state index is 6.30. The lowest BCUT2D eigenvalue weighted by atomic mass is 9.79. The molecule has 1 heterocycles. The van der Waals surface area contributed by atoms with Crippen molar-refractivity contribution in [2.45, 2.75) is 44.2 Å². The van der Waals surface area contributed by atoms with Crippen molar-refractivity contribution in [3.05, 3.63) is 53.9 Å². The van der Waals surface area contributed by atoms with Crippen LogP contribution in [0.15, 0.2) is 42.6 Å². The molecule has 0 bridgehead atoms. The van der Waals surface area contributed by atoms with Gasteiger partial charge in [-0.2, -0.15) is 5.10 Å². The van der Waals surface area contributed by atoms with Gasteiger partial charge in [0.15, 0.2) is 0 Å². The lowest BCUT2D eigenvalue weighted by Gasteiger charge is -2.34. The van der Waals surface area contributed by atoms with Crippen molar-refractivity contribution in [2.75, 3.05) is 0 Å². The van der Waals surface area contributed by atoms with Crippen LogP contribution in [0, 0.1) is 6.92 Å². The molecule has 1 fully saturated rings. The highest BCUT2D eigenvalue weighted by molar-refractivity contribution is 5.20. The molecule has 3 unspecified atom stereocenters. The Bertz CT molecular complexity index is 532. The van der Waals surface area contributed by atoms with Crippen LogP contribution in [-0.2, 0) is 0 Å². The number of benzene rings is 1. The van der Waals surface area contributed by atoms with Gasteiger partial charge in [0.1, 0.15) is 0 Å². The largest absolute Gasteiger partial charge is 0.326 e. The smallest absolute Gasteiger partial charge is 0.0675 e. The van der Waals surface area contributed by atoms with Crippen molar-refractivity contribution in [1.29, 1.82) is 0 Å². The number of hydrogen-bond donors (Lipinski definition) is 1. The predicted octanol–water partition coefficient (Wildman–Crippen LogP) is 3.03. The number of aryl methyl sites for hydroxylation is 1. The summed E-state index contributed by atoms with van der Waals surface area (Å²) in [5.74, 6) is 0.607. The Balaban J connectivity index is 1.81. The third kappa shape index (κ3) is 2.56. The number of rotatable bonds is 2. The first-order valence-corrected chi connectivity index (χ1v) is 7.06. The quantitative estimate of drug-likeness (QED) is 0.896. The molecule has 3 heteroatoms. The third-order valence-corrected chi connectivity index (χ3v) is 4.22. The van der Waals surface area contributed by atoms with E-state index in [9.17, 15) is 0 Å². The van der Waals surface area contributed by atoms with Crippen LogP contribution < -0.4 is 5.73 Å². The summed E-state index contributed by atoms with van der Waals surface area (Å²) in [5.41, 5.74) is 8.80. The fraction of sp³-hybridized carbons (Fsp3) is 0.438. The van der Waals surface area contributed by atoms with Crippen molar-refractivity contribution < 1.29 is 0 Å². The molecule has 0 saturated heterocycles. The van der Waals surface area contributed by atoms with E-state index in [1.807, 2.05) is 6.92 Å². The molecule has 1 aliphatic carbocycles. The standard InChI is InChI=1S/C16H21N3/c1-12-9-10-19(18-12)16-11-14(7-8-15(16)17)13-5-3-2-4-6-13/h2-6,9-10,14-16H,7-8,11,17H2,1H3. The van der Waals surface area contributed by atoms with Crippen LogP contribution in [0.3, 0.4) is 0 Å². The van der Waals surface area contributed by atoms with Crippen molar-refractivity contribution >= 4 is 0 Å². The average Bonchev–Trinajstić information content (AvgIpc) is 2.87. The molecule has 2 aromatic rings. The van der Waals surface area contributed by atoms with Crippen LogP contribution >= 0.6 is 0 Å². The fourth-order valence-corrected chi connectivity index (χ4v) is 3.12. The van der Waals surface area contributed by atoms with Crippen molar-refractivity contribution in [1.82, 2.24) is 9.78 Å². The van der Waals surface area contributed by atoms with E-state index < -0.39 is 0 Å². The Labute approximate surface area is 114 Å². The van der Waals surface area contributed by atoms with E-state index in [2.05, 4.69) is 52.4 Å². The molecule has 2 N–H and O–H groups in total. The van der Waals surface area contributed by atoms with Crippen molar-refractivity contribution in [2.24, 2.45) is 5.73 Å². The zero-order valence-corrected chi connectivity index (χ0v) is 11.4. The molecule has 3 atom stereocenters. The van der Waals surface area contributed by atoms with E-state index in [0.29, 0.717) is 12.0 Å². The molecule has 3 nitrogen and oxygen atoms in total. The minimum atomic E-state index is 0.222. The first-order chi connectivity index (χ1) is 9.24. The van der Waals surface area contributed by atoms with E-state index in [0.717, 1.165) is 18.5 Å². The normalized spacial score (nSPS) is 27.4. The van der Waals surface area contributed by atoms with Crippen LogP contribution in [0.25, 0.3) is 0 Å². The first-order valence-electron chi connectivity index (χ1n) is 7.06. The summed E-state index contributed by atoms with van der Waals surface area (Å²) in [4.78, 5) is 0. The van der Waals surface area contributed by atoms with Gasteiger partial charge in [-0.3, -0.25) is 4.68 Å². The van der Waals surface area contributed by atoms with Gasteiger partial charge in [0.05, 0.1) is 11.7 Å². The zero-order chi connectivity index (χ0) is 13.2. The highest BCUT2D eigenvalue weighted by Gasteiger charge is 2.30. The summed E-state index contributed by atoms with van der Waals surface area (Å²) in [5, 5.41) is 4.55. The number of aromatic nitrogens is 2. The molecule has 0 radical (unpaired) electrons. The summed E-state index contributed by atoms with van der Waals surface area (Å²) in [6, 6.07) is 13.4. The summed E-state index contributed by atoms with van der Waals surface area (Å²) in [7, 11) is 0. The van der Waals surface area contributed by atoms with Crippen LogP contribution in [0.5, 0.6) is 0 Å². The van der Waals surface area contributed by atoms with Gasteiger partial charge >= 0.3 is 0 Å². The molecule has 19 heavy (non-hydrogen) atoms. The van der Waals surface area contributed by atoms with Gasteiger partial charge in [-0.25, -0.2) is 0 Å². The summed E-state index contributed by atoms with van der Waals surface area (Å²) >= 11 is 0. The van der Waals surface area contributed by atoms with Crippen LogP contribution in [0.1, 0.15) is 42.5 Å². The second-order valence-corrected chi connectivity index (χ2v) is 5.59. The van der Waals surface area contributed by atoms with Gasteiger partial charge in [0.25, 0.3) is 0 Å². The number of nitrogens with two attached hydrogens (primary N) is 1. The molecular weight excluding hydrogens is 234 g/mol. The lowest BCUT2D eigenvalue weighted by Crippen LogP contribution is -2.37. The Morgan fingerprint density at radius 1 is 1.16 bits per heavy atom. The summed E-state index contributed by atoms with van der Waals surface area (Å²) in [6.45, 7) is 2.03. The van der Waals surface area contributed by atoms with Crippen molar-refractivity contribution in [3.63, 3.8) is 0 Å². The Morgan fingerprint density at radius 3 is 2.63 bits per heavy atom. The van der Waals surface area contributed by atoms with Gasteiger partial charge in [0, 0.05) is 12.2 Å². The Kier molecular flexibility index (Phi) is 3.38. The van der Waals surface area contributed by atoms with E-state index in [4.69, 9.17) is 5.73 Å². The molecule has 1 aliphatic rings. The average molecular weight is 255 g/mol. The molecule has 0 aliphatic heterocycles. The monoisotopic (exact) mass is 255 g/mol. The van der Waals surface area contributed by atoms with Gasteiger partial charge in [-0.1, -0.05) is 30.3 Å². The second kappa shape index (κ2) is 5.17. The number of hydrogen-bond acceptors (Lipinski definition) is 2. The SMILES string of the molecule is Cc1ccn(C2CC(c3ccccc3)CCC2N)n1. The van der Waals surface area contributed by atoms with E-state index in [-0.39, 0.29) is 6.04 Å². The highest BCUT2D eigenvalue weighted by atomic mass is 15.3. The summed E-state index contributed by atoms with van der Waals surface area (Å²) < 4.78 is 2.06. The molecule has 1 aromatic heterocycles. The minimum absolute atomic E-state index is 0.222. The minimum Gasteiger partial charge on any atom is -0.326 e. The van der Waals surface area contributed by atoms with E-state index >= 15 is 0 Å². The number of nitrogens with zero attached hydrogens (tertiary/aromatic N) is 2. The first kappa shape index (κ1) is 12.4.